The summed E-state index contributed by atoms with van der Waals surface area (Å²) >= 11 is 0. The Bertz CT molecular complexity index is 359. The lowest BCUT2D eigenvalue weighted by Gasteiger charge is -2.31. The van der Waals surface area contributed by atoms with Gasteiger partial charge < -0.3 is 15.4 Å². The van der Waals surface area contributed by atoms with Crippen LogP contribution in [-0.4, -0.2) is 38.8 Å². The highest BCUT2D eigenvalue weighted by Gasteiger charge is 2.40. The van der Waals surface area contributed by atoms with E-state index in [2.05, 4.69) is 30.3 Å². The number of nitrogens with zero attached hydrogens (tertiary/aromatic N) is 1. The maximum atomic E-state index is 11.3. The van der Waals surface area contributed by atoms with E-state index in [9.17, 15) is 9.59 Å². The fraction of sp³-hybridized carbons (Fsp3) is 0.700. The number of β-lactam (4-membered cyclic amide) rings is 1. The highest BCUT2D eigenvalue weighted by Crippen LogP contribution is 2.08. The van der Waals surface area contributed by atoms with Crippen molar-refractivity contribution in [3.63, 3.8) is 0 Å². The van der Waals surface area contributed by atoms with E-state index in [1.54, 1.807) is 0 Å². The Kier molecular flexibility index (Phi) is 4.12. The molecule has 1 heterocycles. The molecule has 0 bridgehead atoms. The van der Waals surface area contributed by atoms with Gasteiger partial charge in [-0.15, -0.1) is 0 Å². The van der Waals surface area contributed by atoms with Crippen LogP contribution in [0.4, 0.5) is 4.79 Å². The van der Waals surface area contributed by atoms with Crippen LogP contribution in [-0.2, 0) is 9.53 Å². The van der Waals surface area contributed by atoms with Crippen LogP contribution < -0.4 is 10.6 Å². The lowest BCUT2D eigenvalue weighted by atomic mass is 10.0. The monoisotopic (exact) mass is 255 g/mol. The van der Waals surface area contributed by atoms with E-state index in [1.807, 2.05) is 6.07 Å². The van der Waals surface area contributed by atoms with E-state index in [0.717, 1.165) is 6.04 Å². The van der Waals surface area contributed by atoms with Gasteiger partial charge in [0, 0.05) is 8.07 Å². The summed E-state index contributed by atoms with van der Waals surface area (Å²) in [4.78, 5) is 22.4. The van der Waals surface area contributed by atoms with Crippen molar-refractivity contribution in [2.24, 2.45) is 0 Å². The van der Waals surface area contributed by atoms with Gasteiger partial charge in [-0.2, -0.15) is 5.26 Å². The van der Waals surface area contributed by atoms with Crippen molar-refractivity contribution in [1.82, 2.24) is 10.6 Å². The number of amides is 2. The predicted molar refractivity (Wildman–Crippen MR) is 64.0 cm³/mol. The van der Waals surface area contributed by atoms with Gasteiger partial charge in [0.25, 0.3) is 0 Å². The van der Waals surface area contributed by atoms with E-state index in [-0.39, 0.29) is 5.91 Å². The normalized spacial score (nSPS) is 23.1. The number of nitrogens with one attached hydrogen (secondary N) is 2. The van der Waals surface area contributed by atoms with Crippen LogP contribution in [0.2, 0.25) is 25.7 Å². The molecule has 0 unspecified atom stereocenters. The number of hydrogen-bond donors (Lipinski definition) is 2. The lowest BCUT2D eigenvalue weighted by molar-refractivity contribution is -0.130. The second-order valence-corrected chi connectivity index (χ2v) is 10.8. The second kappa shape index (κ2) is 5.18. The average molecular weight is 255 g/mol. The molecule has 0 aliphatic carbocycles. The van der Waals surface area contributed by atoms with Crippen molar-refractivity contribution in [1.29, 1.82) is 5.26 Å². The highest BCUT2D eigenvalue weighted by molar-refractivity contribution is 6.76. The van der Waals surface area contributed by atoms with E-state index in [0.29, 0.717) is 6.61 Å². The fourth-order valence-corrected chi connectivity index (χ4v) is 1.97. The molecule has 0 spiro atoms. The molecule has 2 amide bonds. The molecule has 6 nitrogen and oxygen atoms in total. The summed E-state index contributed by atoms with van der Waals surface area (Å²) in [5.41, 5.74) is 0. The third kappa shape index (κ3) is 4.07. The van der Waals surface area contributed by atoms with E-state index < -0.39 is 26.3 Å². The summed E-state index contributed by atoms with van der Waals surface area (Å²) in [5, 5.41) is 13.4. The first-order valence-corrected chi connectivity index (χ1v) is 9.17. The molecule has 94 valence electrons. The SMILES string of the molecule is C[Si](C)(C)CCOC(=O)N[C@@H]1C(=O)N[C@H]1C#N. The first-order chi connectivity index (χ1) is 7.83. The summed E-state index contributed by atoms with van der Waals surface area (Å²) in [6.07, 6.45) is -0.636. The van der Waals surface area contributed by atoms with Crippen molar-refractivity contribution in [3.05, 3.63) is 0 Å². The molecule has 17 heavy (non-hydrogen) atoms. The molecule has 1 aliphatic rings. The minimum Gasteiger partial charge on any atom is -0.450 e. The molecule has 7 heteroatoms. The maximum Gasteiger partial charge on any atom is 0.407 e. The first-order valence-electron chi connectivity index (χ1n) is 5.47. The van der Waals surface area contributed by atoms with Gasteiger partial charge in [0.1, 0.15) is 12.1 Å². The van der Waals surface area contributed by atoms with Gasteiger partial charge in [0.2, 0.25) is 5.91 Å². The highest BCUT2D eigenvalue weighted by atomic mass is 28.3. The predicted octanol–water partition coefficient (Wildman–Crippen LogP) is 0.441. The average Bonchev–Trinajstić information content (AvgIpc) is 2.20. The molecular formula is C10H17N3O3Si. The number of rotatable bonds is 4. The number of hydrogen-bond acceptors (Lipinski definition) is 4. The Morgan fingerprint density at radius 1 is 1.59 bits per heavy atom. The van der Waals surface area contributed by atoms with Crippen LogP contribution in [0.25, 0.3) is 0 Å². The molecule has 1 rings (SSSR count). The zero-order valence-electron chi connectivity index (χ0n) is 10.2. The number of carbonyl (C=O) groups is 2. The maximum absolute atomic E-state index is 11.3. The number of carbonyl (C=O) groups excluding carboxylic acids is 2. The zero-order valence-corrected chi connectivity index (χ0v) is 11.2. The topological polar surface area (TPSA) is 91.2 Å². The summed E-state index contributed by atoms with van der Waals surface area (Å²) in [6.45, 7) is 6.89. The Labute approximate surface area is 101 Å². The fourth-order valence-electron chi connectivity index (χ4n) is 1.26. The summed E-state index contributed by atoms with van der Waals surface area (Å²) in [7, 11) is -1.23. The third-order valence-electron chi connectivity index (χ3n) is 2.41. The van der Waals surface area contributed by atoms with Gasteiger partial charge in [-0.3, -0.25) is 4.79 Å². The molecule has 0 radical (unpaired) electrons. The smallest absolute Gasteiger partial charge is 0.407 e. The van der Waals surface area contributed by atoms with Gasteiger partial charge in [0.05, 0.1) is 12.7 Å². The summed E-state index contributed by atoms with van der Waals surface area (Å²) in [5.74, 6) is -0.348. The Morgan fingerprint density at radius 3 is 2.71 bits per heavy atom. The van der Waals surface area contributed by atoms with Gasteiger partial charge in [-0.05, 0) is 6.04 Å². The van der Waals surface area contributed by atoms with Gasteiger partial charge in [-0.1, -0.05) is 19.6 Å². The molecule has 0 saturated carbocycles. The summed E-state index contributed by atoms with van der Waals surface area (Å²) < 4.78 is 4.96. The van der Waals surface area contributed by atoms with E-state index in [1.165, 1.54) is 0 Å². The van der Waals surface area contributed by atoms with Crippen LogP contribution in [0.3, 0.4) is 0 Å². The number of alkyl carbamates (subject to hydrolysis) is 1. The molecular weight excluding hydrogens is 238 g/mol. The van der Waals surface area contributed by atoms with Crippen molar-refractivity contribution in [3.8, 4) is 6.07 Å². The van der Waals surface area contributed by atoms with Crippen LogP contribution in [0, 0.1) is 11.3 Å². The second-order valence-electron chi connectivity index (χ2n) is 5.18. The molecule has 1 fully saturated rings. The van der Waals surface area contributed by atoms with Crippen molar-refractivity contribution in [2.45, 2.75) is 37.8 Å². The summed E-state index contributed by atoms with van der Waals surface area (Å²) in [6, 6.07) is 1.32. The standard InChI is InChI=1S/C10H17N3O3Si/c1-17(2,3)5-4-16-10(15)13-8-7(6-11)12-9(8)14/h7-8H,4-5H2,1-3H3,(H,12,14)(H,13,15)/t7-,8-/m0/s1. The van der Waals surface area contributed by atoms with Crippen molar-refractivity contribution >= 4 is 20.1 Å². The zero-order chi connectivity index (χ0) is 13.1. The van der Waals surface area contributed by atoms with Crippen LogP contribution in [0.5, 0.6) is 0 Å². The quantitative estimate of drug-likeness (QED) is 0.563. The molecule has 0 aromatic rings. The van der Waals surface area contributed by atoms with E-state index >= 15 is 0 Å². The molecule has 1 saturated heterocycles. The van der Waals surface area contributed by atoms with E-state index in [4.69, 9.17) is 10.00 Å². The number of nitriles is 1. The molecule has 2 N–H and O–H groups in total. The third-order valence-corrected chi connectivity index (χ3v) is 4.12. The minimum atomic E-state index is -1.23. The minimum absolute atomic E-state index is 0.348. The largest absolute Gasteiger partial charge is 0.450 e. The van der Waals surface area contributed by atoms with Gasteiger partial charge in [-0.25, -0.2) is 4.79 Å². The van der Waals surface area contributed by atoms with Crippen molar-refractivity contribution < 1.29 is 14.3 Å². The van der Waals surface area contributed by atoms with Crippen LogP contribution in [0.1, 0.15) is 0 Å². The molecule has 0 aromatic carbocycles. The van der Waals surface area contributed by atoms with Gasteiger partial charge in [0.15, 0.2) is 0 Å². The van der Waals surface area contributed by atoms with Gasteiger partial charge >= 0.3 is 6.09 Å². The van der Waals surface area contributed by atoms with Crippen LogP contribution >= 0.6 is 0 Å². The van der Waals surface area contributed by atoms with Crippen LogP contribution in [0.15, 0.2) is 0 Å². The molecule has 2 atom stereocenters. The Hall–Kier alpha value is -1.55. The Balaban J connectivity index is 2.26. The molecule has 1 aliphatic heterocycles. The lowest BCUT2D eigenvalue weighted by Crippen LogP contribution is -2.68. The Morgan fingerprint density at radius 2 is 2.24 bits per heavy atom. The first kappa shape index (κ1) is 13.5. The molecule has 0 aromatic heterocycles. The number of ether oxygens (including phenoxy) is 1. The van der Waals surface area contributed by atoms with Crippen molar-refractivity contribution in [2.75, 3.05) is 6.61 Å².